The molecule has 1 unspecified atom stereocenters. The van der Waals surface area contributed by atoms with Crippen molar-refractivity contribution in [3.8, 4) is 5.69 Å². The van der Waals surface area contributed by atoms with Crippen LogP contribution in [0.2, 0.25) is 0 Å². The zero-order chi connectivity index (χ0) is 13.1. The van der Waals surface area contributed by atoms with E-state index in [9.17, 15) is 0 Å². The van der Waals surface area contributed by atoms with Crippen LogP contribution in [0.4, 0.5) is 0 Å². The van der Waals surface area contributed by atoms with Gasteiger partial charge < -0.3 is 0 Å². The number of thioether (sulfide) groups is 1. The van der Waals surface area contributed by atoms with Crippen LogP contribution >= 0.6 is 11.8 Å². The van der Waals surface area contributed by atoms with E-state index in [0.717, 1.165) is 17.3 Å². The fourth-order valence-electron chi connectivity index (χ4n) is 1.63. The Balaban J connectivity index is 2.39. The van der Waals surface area contributed by atoms with Crippen molar-refractivity contribution in [2.24, 2.45) is 0 Å². The summed E-state index contributed by atoms with van der Waals surface area (Å²) in [6.45, 7) is 8.56. The summed E-state index contributed by atoms with van der Waals surface area (Å²) in [6.07, 6.45) is 1.10. The maximum Gasteiger partial charge on any atom is 0.214 e. The molecule has 0 spiro atoms. The van der Waals surface area contributed by atoms with Crippen LogP contribution in [0.25, 0.3) is 5.69 Å². The number of hydrogen-bond donors (Lipinski definition) is 0. The molecule has 1 aromatic carbocycles. The van der Waals surface area contributed by atoms with Crippen LogP contribution < -0.4 is 0 Å². The molecule has 0 aliphatic rings. The van der Waals surface area contributed by atoms with Gasteiger partial charge in [-0.25, -0.2) is 0 Å². The molecule has 4 nitrogen and oxygen atoms in total. The molecule has 2 aromatic rings. The summed E-state index contributed by atoms with van der Waals surface area (Å²) < 4.78 is 1.83. The van der Waals surface area contributed by atoms with Gasteiger partial charge in [-0.15, -0.1) is 5.10 Å². The Hall–Kier alpha value is -1.36. The molecule has 0 saturated carbocycles. The number of tetrazole rings is 1. The van der Waals surface area contributed by atoms with Gasteiger partial charge in [0.2, 0.25) is 5.16 Å². The third-order valence-electron chi connectivity index (χ3n) is 3.13. The van der Waals surface area contributed by atoms with Crippen molar-refractivity contribution < 1.29 is 0 Å². The highest BCUT2D eigenvalue weighted by Crippen LogP contribution is 2.26. The third-order valence-corrected chi connectivity index (χ3v) is 4.33. The van der Waals surface area contributed by atoms with Gasteiger partial charge in [-0.3, -0.25) is 0 Å². The summed E-state index contributed by atoms with van der Waals surface area (Å²) in [6, 6.07) is 6.20. The number of hydrogen-bond acceptors (Lipinski definition) is 4. The van der Waals surface area contributed by atoms with E-state index in [1.807, 2.05) is 10.7 Å². The first kappa shape index (κ1) is 13.1. The number of nitrogens with zero attached hydrogens (tertiary/aromatic N) is 4. The van der Waals surface area contributed by atoms with E-state index in [0.29, 0.717) is 5.25 Å². The van der Waals surface area contributed by atoms with Crippen molar-refractivity contribution in [3.63, 3.8) is 0 Å². The van der Waals surface area contributed by atoms with Crippen molar-refractivity contribution >= 4 is 11.8 Å². The standard InChI is InChI=1S/C13H18N4S/c1-5-10(3)18-13-14-15-16-17(13)12-8-6-7-9(2)11(12)4/h6-8,10H,5H2,1-4H3. The van der Waals surface area contributed by atoms with E-state index in [1.165, 1.54) is 11.1 Å². The predicted molar refractivity (Wildman–Crippen MR) is 74.2 cm³/mol. The Bertz CT molecular complexity index is 536. The molecule has 0 N–H and O–H groups in total. The fourth-order valence-corrected chi connectivity index (χ4v) is 2.48. The lowest BCUT2D eigenvalue weighted by Gasteiger charge is -2.11. The van der Waals surface area contributed by atoms with E-state index in [-0.39, 0.29) is 0 Å². The minimum absolute atomic E-state index is 0.514. The zero-order valence-corrected chi connectivity index (χ0v) is 12.0. The van der Waals surface area contributed by atoms with Gasteiger partial charge in [0.05, 0.1) is 5.69 Å². The molecule has 0 bridgehead atoms. The molecule has 1 heterocycles. The Morgan fingerprint density at radius 2 is 2.11 bits per heavy atom. The van der Waals surface area contributed by atoms with Gasteiger partial charge in [0.25, 0.3) is 0 Å². The van der Waals surface area contributed by atoms with Gasteiger partial charge in [-0.2, -0.15) is 4.68 Å². The van der Waals surface area contributed by atoms with E-state index < -0.39 is 0 Å². The van der Waals surface area contributed by atoms with Crippen LogP contribution in [0.3, 0.4) is 0 Å². The Morgan fingerprint density at radius 1 is 1.33 bits per heavy atom. The van der Waals surface area contributed by atoms with Gasteiger partial charge in [-0.1, -0.05) is 37.7 Å². The second kappa shape index (κ2) is 5.52. The SMILES string of the molecule is CCC(C)Sc1nnnn1-c1cccc(C)c1C. The molecular formula is C13H18N4S. The van der Waals surface area contributed by atoms with Crippen molar-refractivity contribution in [2.45, 2.75) is 44.5 Å². The lowest BCUT2D eigenvalue weighted by Crippen LogP contribution is -2.04. The van der Waals surface area contributed by atoms with Crippen LogP contribution in [0.15, 0.2) is 23.4 Å². The quantitative estimate of drug-likeness (QED) is 0.794. The summed E-state index contributed by atoms with van der Waals surface area (Å²) in [7, 11) is 0. The van der Waals surface area contributed by atoms with Crippen LogP contribution in [-0.4, -0.2) is 25.5 Å². The molecule has 0 amide bonds. The van der Waals surface area contributed by atoms with Crippen LogP contribution in [0.5, 0.6) is 0 Å². The first-order valence-corrected chi connectivity index (χ1v) is 7.03. The normalized spacial score (nSPS) is 12.7. The molecule has 2 rings (SSSR count). The molecule has 0 saturated heterocycles. The van der Waals surface area contributed by atoms with E-state index >= 15 is 0 Å². The Labute approximate surface area is 112 Å². The number of aryl methyl sites for hydroxylation is 1. The lowest BCUT2D eigenvalue weighted by molar-refractivity contribution is 0.748. The Morgan fingerprint density at radius 3 is 2.83 bits per heavy atom. The fraction of sp³-hybridized carbons (Fsp3) is 0.462. The van der Waals surface area contributed by atoms with Crippen LogP contribution in [-0.2, 0) is 0 Å². The molecule has 0 aliphatic carbocycles. The molecule has 1 atom stereocenters. The maximum absolute atomic E-state index is 4.12. The van der Waals surface area contributed by atoms with Gasteiger partial charge in [0.1, 0.15) is 0 Å². The topological polar surface area (TPSA) is 43.6 Å². The minimum Gasteiger partial charge on any atom is -0.187 e. The maximum atomic E-state index is 4.12. The molecule has 1 aromatic heterocycles. The number of benzene rings is 1. The molecule has 0 radical (unpaired) electrons. The summed E-state index contributed by atoms with van der Waals surface area (Å²) in [5.74, 6) is 0. The minimum atomic E-state index is 0.514. The van der Waals surface area contributed by atoms with Crippen molar-refractivity contribution in [3.05, 3.63) is 29.3 Å². The van der Waals surface area contributed by atoms with Gasteiger partial charge in [0.15, 0.2) is 0 Å². The van der Waals surface area contributed by atoms with Crippen molar-refractivity contribution in [1.82, 2.24) is 20.2 Å². The highest BCUT2D eigenvalue weighted by atomic mass is 32.2. The average Bonchev–Trinajstić information content (AvgIpc) is 2.80. The van der Waals surface area contributed by atoms with Gasteiger partial charge in [-0.05, 0) is 47.9 Å². The monoisotopic (exact) mass is 262 g/mol. The Kier molecular flexibility index (Phi) is 4.01. The molecule has 96 valence electrons. The summed E-state index contributed by atoms with van der Waals surface area (Å²) in [5, 5.41) is 13.4. The number of aromatic nitrogens is 4. The van der Waals surface area contributed by atoms with Crippen LogP contribution in [0.1, 0.15) is 31.4 Å². The first-order chi connectivity index (χ1) is 8.63. The van der Waals surface area contributed by atoms with E-state index in [1.54, 1.807) is 11.8 Å². The summed E-state index contributed by atoms with van der Waals surface area (Å²) in [4.78, 5) is 0. The average molecular weight is 262 g/mol. The highest BCUT2D eigenvalue weighted by Gasteiger charge is 2.14. The van der Waals surface area contributed by atoms with Crippen molar-refractivity contribution in [2.75, 3.05) is 0 Å². The third kappa shape index (κ3) is 2.56. The first-order valence-electron chi connectivity index (χ1n) is 6.15. The molecule has 18 heavy (non-hydrogen) atoms. The predicted octanol–water partition coefficient (Wildman–Crippen LogP) is 3.17. The zero-order valence-electron chi connectivity index (χ0n) is 11.2. The smallest absolute Gasteiger partial charge is 0.187 e. The van der Waals surface area contributed by atoms with Gasteiger partial charge >= 0.3 is 0 Å². The van der Waals surface area contributed by atoms with Crippen molar-refractivity contribution in [1.29, 1.82) is 0 Å². The summed E-state index contributed by atoms with van der Waals surface area (Å²) in [5.41, 5.74) is 3.53. The second-order valence-corrected chi connectivity index (χ2v) is 5.83. The molecule has 0 fully saturated rings. The van der Waals surface area contributed by atoms with Gasteiger partial charge in [0, 0.05) is 5.25 Å². The largest absolute Gasteiger partial charge is 0.214 e. The molecule has 5 heteroatoms. The highest BCUT2D eigenvalue weighted by molar-refractivity contribution is 7.99. The summed E-state index contributed by atoms with van der Waals surface area (Å²) >= 11 is 1.71. The van der Waals surface area contributed by atoms with E-state index in [2.05, 4.69) is 55.4 Å². The number of rotatable bonds is 4. The van der Waals surface area contributed by atoms with E-state index in [4.69, 9.17) is 0 Å². The second-order valence-electron chi connectivity index (χ2n) is 4.43. The molecular weight excluding hydrogens is 244 g/mol. The molecule has 0 aliphatic heterocycles. The lowest BCUT2D eigenvalue weighted by atomic mass is 10.1. The van der Waals surface area contributed by atoms with Crippen LogP contribution in [0, 0.1) is 13.8 Å².